The maximum Gasteiger partial charge on any atom is 0.282 e. The van der Waals surface area contributed by atoms with Crippen molar-refractivity contribution < 1.29 is 19.1 Å². The van der Waals surface area contributed by atoms with Crippen LogP contribution < -0.4 is 9.47 Å². The van der Waals surface area contributed by atoms with Crippen molar-refractivity contribution in [3.8, 4) is 11.5 Å². The molecule has 0 fully saturated rings. The van der Waals surface area contributed by atoms with Gasteiger partial charge in [0.1, 0.15) is 11.5 Å². The van der Waals surface area contributed by atoms with E-state index in [2.05, 4.69) is 5.10 Å². The number of rotatable bonds is 8. The van der Waals surface area contributed by atoms with Gasteiger partial charge in [0.15, 0.2) is 0 Å². The third-order valence-electron chi connectivity index (χ3n) is 4.00. The molecule has 0 radical (unpaired) electrons. The summed E-state index contributed by atoms with van der Waals surface area (Å²) in [6.45, 7) is 5.22. The summed E-state index contributed by atoms with van der Waals surface area (Å²) in [5.41, 5.74) is 1.40. The lowest BCUT2D eigenvalue weighted by Crippen LogP contribution is -2.24. The van der Waals surface area contributed by atoms with Crippen molar-refractivity contribution in [2.75, 3.05) is 13.2 Å². The Kier molecular flexibility index (Phi) is 5.86. The van der Waals surface area contributed by atoms with E-state index in [1.54, 1.807) is 36.4 Å². The molecule has 0 unspecified atom stereocenters. The van der Waals surface area contributed by atoms with Gasteiger partial charge in [-0.1, -0.05) is 26.0 Å². The summed E-state index contributed by atoms with van der Waals surface area (Å²) in [5, 5.41) is 5.00. The standard InChI is InChI=1S/C21H22N2O4/c1-3-11-26-16-10-9-15(19(13-16)27-12-4-2)14-22-23-20(24)17-7-5-6-8-18(17)21(23)25/h5-10,13-14H,3-4,11-12H2,1-2H3/b22-14+. The number of benzene rings is 2. The van der Waals surface area contributed by atoms with Gasteiger partial charge in [0, 0.05) is 11.6 Å². The zero-order chi connectivity index (χ0) is 19.2. The zero-order valence-corrected chi connectivity index (χ0v) is 15.5. The highest BCUT2D eigenvalue weighted by Gasteiger charge is 2.35. The predicted molar refractivity (Wildman–Crippen MR) is 103 cm³/mol. The Balaban J connectivity index is 1.84. The smallest absolute Gasteiger partial charge is 0.282 e. The highest BCUT2D eigenvalue weighted by molar-refractivity contribution is 6.21. The Morgan fingerprint density at radius 2 is 1.56 bits per heavy atom. The number of carbonyl (C=O) groups excluding carboxylic acids is 2. The minimum Gasteiger partial charge on any atom is -0.493 e. The summed E-state index contributed by atoms with van der Waals surface area (Å²) in [6.07, 6.45) is 3.24. The highest BCUT2D eigenvalue weighted by atomic mass is 16.5. The molecule has 0 aliphatic carbocycles. The van der Waals surface area contributed by atoms with Gasteiger partial charge in [-0.05, 0) is 37.1 Å². The van der Waals surface area contributed by atoms with Crippen LogP contribution in [0.4, 0.5) is 0 Å². The lowest BCUT2D eigenvalue weighted by molar-refractivity contribution is 0.0660. The molecule has 1 aliphatic rings. The average molecular weight is 366 g/mol. The molecule has 0 saturated heterocycles. The number of imide groups is 1. The maximum absolute atomic E-state index is 12.4. The fraction of sp³-hybridized carbons (Fsp3) is 0.286. The van der Waals surface area contributed by atoms with Crippen LogP contribution >= 0.6 is 0 Å². The van der Waals surface area contributed by atoms with Crippen LogP contribution in [0, 0.1) is 0 Å². The van der Waals surface area contributed by atoms with E-state index in [1.807, 2.05) is 19.9 Å². The van der Waals surface area contributed by atoms with Crippen molar-refractivity contribution in [1.82, 2.24) is 5.01 Å². The zero-order valence-electron chi connectivity index (χ0n) is 15.5. The molecule has 1 aliphatic heterocycles. The molecule has 1 heterocycles. The van der Waals surface area contributed by atoms with Crippen molar-refractivity contribution in [3.05, 3.63) is 59.2 Å². The van der Waals surface area contributed by atoms with E-state index in [0.717, 1.165) is 17.9 Å². The second kappa shape index (κ2) is 8.49. The quantitative estimate of drug-likeness (QED) is 0.525. The van der Waals surface area contributed by atoms with E-state index in [4.69, 9.17) is 9.47 Å². The molecule has 6 nitrogen and oxygen atoms in total. The first kappa shape index (κ1) is 18.6. The van der Waals surface area contributed by atoms with Gasteiger partial charge >= 0.3 is 0 Å². The van der Waals surface area contributed by atoms with E-state index in [1.165, 1.54) is 6.21 Å². The Morgan fingerprint density at radius 1 is 0.926 bits per heavy atom. The van der Waals surface area contributed by atoms with E-state index in [-0.39, 0.29) is 0 Å². The Hall–Kier alpha value is -3.15. The third kappa shape index (κ3) is 4.00. The predicted octanol–water partition coefficient (Wildman–Crippen LogP) is 3.89. The van der Waals surface area contributed by atoms with Gasteiger partial charge in [-0.2, -0.15) is 10.1 Å². The van der Waals surface area contributed by atoms with Crippen LogP contribution in [-0.4, -0.2) is 36.3 Å². The first-order valence-corrected chi connectivity index (χ1v) is 9.07. The van der Waals surface area contributed by atoms with E-state index in [0.29, 0.717) is 41.4 Å². The molecule has 0 aromatic heterocycles. The molecule has 0 spiro atoms. The SMILES string of the molecule is CCCOc1ccc(/C=N/N2C(=O)c3ccccc3C2=O)c(OCCC)c1. The van der Waals surface area contributed by atoms with E-state index >= 15 is 0 Å². The van der Waals surface area contributed by atoms with Crippen LogP contribution in [0.5, 0.6) is 11.5 Å². The number of hydrazone groups is 1. The largest absolute Gasteiger partial charge is 0.493 e. The second-order valence-electron chi connectivity index (χ2n) is 6.11. The summed E-state index contributed by atoms with van der Waals surface area (Å²) < 4.78 is 11.4. The molecule has 0 atom stereocenters. The molecular formula is C21H22N2O4. The van der Waals surface area contributed by atoms with Gasteiger partial charge < -0.3 is 9.47 Å². The molecule has 2 aromatic carbocycles. The van der Waals surface area contributed by atoms with Gasteiger partial charge in [-0.25, -0.2) is 0 Å². The first-order chi connectivity index (χ1) is 13.2. The molecule has 140 valence electrons. The Morgan fingerprint density at radius 3 is 2.19 bits per heavy atom. The lowest BCUT2D eigenvalue weighted by Gasteiger charge is -2.12. The highest BCUT2D eigenvalue weighted by Crippen LogP contribution is 2.26. The molecular weight excluding hydrogens is 344 g/mol. The summed E-state index contributed by atoms with van der Waals surface area (Å²) in [7, 11) is 0. The summed E-state index contributed by atoms with van der Waals surface area (Å²) in [5.74, 6) is 0.461. The maximum atomic E-state index is 12.4. The molecule has 27 heavy (non-hydrogen) atoms. The van der Waals surface area contributed by atoms with Crippen LogP contribution in [0.1, 0.15) is 53.0 Å². The second-order valence-corrected chi connectivity index (χ2v) is 6.11. The molecule has 0 saturated carbocycles. The molecule has 0 bridgehead atoms. The van der Waals surface area contributed by atoms with Crippen LogP contribution in [0.15, 0.2) is 47.6 Å². The van der Waals surface area contributed by atoms with Gasteiger partial charge in [0.2, 0.25) is 0 Å². The van der Waals surface area contributed by atoms with Gasteiger partial charge in [-0.15, -0.1) is 0 Å². The van der Waals surface area contributed by atoms with Gasteiger partial charge in [0.05, 0.1) is 30.6 Å². The molecule has 0 N–H and O–H groups in total. The number of carbonyl (C=O) groups is 2. The molecule has 6 heteroatoms. The van der Waals surface area contributed by atoms with Crippen LogP contribution in [0.3, 0.4) is 0 Å². The average Bonchev–Trinajstić information content (AvgIpc) is 2.94. The third-order valence-corrected chi connectivity index (χ3v) is 4.00. The van der Waals surface area contributed by atoms with Crippen molar-refractivity contribution in [1.29, 1.82) is 0 Å². The molecule has 3 rings (SSSR count). The Labute approximate surface area is 158 Å². The number of amides is 2. The summed E-state index contributed by atoms with van der Waals surface area (Å²) >= 11 is 0. The number of fused-ring (bicyclic) bond motifs is 1. The number of nitrogens with zero attached hydrogens (tertiary/aromatic N) is 2. The minimum absolute atomic E-state index is 0.366. The Bertz CT molecular complexity index is 841. The van der Waals surface area contributed by atoms with Gasteiger partial charge in [-0.3, -0.25) is 9.59 Å². The van der Waals surface area contributed by atoms with Crippen LogP contribution in [0.2, 0.25) is 0 Å². The first-order valence-electron chi connectivity index (χ1n) is 9.07. The van der Waals surface area contributed by atoms with Crippen molar-refractivity contribution >= 4 is 18.0 Å². The normalized spacial score (nSPS) is 13.3. The van der Waals surface area contributed by atoms with Gasteiger partial charge in [0.25, 0.3) is 11.8 Å². The van der Waals surface area contributed by atoms with Crippen molar-refractivity contribution in [2.24, 2.45) is 5.10 Å². The van der Waals surface area contributed by atoms with Crippen LogP contribution in [0.25, 0.3) is 0 Å². The number of ether oxygens (including phenoxy) is 2. The van der Waals surface area contributed by atoms with E-state index < -0.39 is 11.8 Å². The topological polar surface area (TPSA) is 68.2 Å². The number of hydrogen-bond donors (Lipinski definition) is 0. The minimum atomic E-state index is -0.425. The van der Waals surface area contributed by atoms with E-state index in [9.17, 15) is 9.59 Å². The fourth-order valence-electron chi connectivity index (χ4n) is 2.67. The summed E-state index contributed by atoms with van der Waals surface area (Å²) in [4.78, 5) is 24.8. The van der Waals surface area contributed by atoms with Crippen molar-refractivity contribution in [3.63, 3.8) is 0 Å². The fourth-order valence-corrected chi connectivity index (χ4v) is 2.67. The molecule has 2 aromatic rings. The lowest BCUT2D eigenvalue weighted by atomic mass is 10.1. The molecule has 2 amide bonds. The monoisotopic (exact) mass is 366 g/mol. The summed E-state index contributed by atoms with van der Waals surface area (Å²) in [6, 6.07) is 12.1. The van der Waals surface area contributed by atoms with Crippen LogP contribution in [-0.2, 0) is 0 Å². The number of hydrogen-bond acceptors (Lipinski definition) is 5. The van der Waals surface area contributed by atoms with Crippen molar-refractivity contribution in [2.45, 2.75) is 26.7 Å².